The summed E-state index contributed by atoms with van der Waals surface area (Å²) in [6, 6.07) is 2.66. The standard InChI is InChI=1S/C14H11F3N2O3/c15-11-7(6-1-2-6)3-4-8-10(11)12(13(16)17)18-19(14(8)22)5-9(20)21/h3-4,6,13H,1-2,5H2,(H,20,21). The van der Waals surface area contributed by atoms with Gasteiger partial charge in [-0.15, -0.1) is 0 Å². The Labute approximate surface area is 122 Å². The summed E-state index contributed by atoms with van der Waals surface area (Å²) in [5, 5.41) is 11.3. The van der Waals surface area contributed by atoms with Crippen LogP contribution in [0.25, 0.3) is 10.8 Å². The zero-order valence-electron chi connectivity index (χ0n) is 11.2. The maximum absolute atomic E-state index is 14.5. The number of carboxylic acid groups (broad SMARTS) is 1. The molecule has 0 unspecified atom stereocenters. The van der Waals surface area contributed by atoms with Crippen molar-refractivity contribution in [3.8, 4) is 0 Å². The minimum absolute atomic E-state index is 0.0172. The van der Waals surface area contributed by atoms with E-state index in [4.69, 9.17) is 5.11 Å². The molecule has 1 aliphatic rings. The lowest BCUT2D eigenvalue weighted by Gasteiger charge is -2.12. The molecule has 0 spiro atoms. The molecule has 1 aromatic heterocycles. The van der Waals surface area contributed by atoms with E-state index in [9.17, 15) is 22.8 Å². The fourth-order valence-electron chi connectivity index (χ4n) is 2.48. The van der Waals surface area contributed by atoms with Crippen LogP contribution in [0.3, 0.4) is 0 Å². The first-order chi connectivity index (χ1) is 10.4. The topological polar surface area (TPSA) is 72.2 Å². The van der Waals surface area contributed by atoms with Crippen molar-refractivity contribution in [3.05, 3.63) is 39.6 Å². The van der Waals surface area contributed by atoms with Crippen molar-refractivity contribution in [3.63, 3.8) is 0 Å². The number of benzene rings is 1. The van der Waals surface area contributed by atoms with E-state index in [1.807, 2.05) is 0 Å². The van der Waals surface area contributed by atoms with Gasteiger partial charge in [-0.3, -0.25) is 9.59 Å². The number of rotatable bonds is 4. The number of carboxylic acids is 1. The third kappa shape index (κ3) is 2.34. The molecule has 1 N–H and O–H groups in total. The molecule has 22 heavy (non-hydrogen) atoms. The van der Waals surface area contributed by atoms with Gasteiger partial charge in [-0.25, -0.2) is 17.9 Å². The second kappa shape index (κ2) is 5.11. The summed E-state index contributed by atoms with van der Waals surface area (Å²) < 4.78 is 41.3. The molecule has 0 radical (unpaired) electrons. The number of aliphatic carboxylic acids is 1. The monoisotopic (exact) mass is 312 g/mol. The quantitative estimate of drug-likeness (QED) is 0.941. The molecule has 8 heteroatoms. The first-order valence-electron chi connectivity index (χ1n) is 6.63. The van der Waals surface area contributed by atoms with Crippen LogP contribution in [0.15, 0.2) is 16.9 Å². The van der Waals surface area contributed by atoms with Gasteiger partial charge in [-0.05, 0) is 30.4 Å². The third-order valence-corrected chi connectivity index (χ3v) is 3.63. The zero-order valence-corrected chi connectivity index (χ0v) is 11.2. The van der Waals surface area contributed by atoms with E-state index in [0.29, 0.717) is 10.2 Å². The first-order valence-corrected chi connectivity index (χ1v) is 6.63. The van der Waals surface area contributed by atoms with Crippen molar-refractivity contribution in [2.75, 3.05) is 0 Å². The minimum atomic E-state index is -3.12. The van der Waals surface area contributed by atoms with E-state index >= 15 is 0 Å². The Morgan fingerprint density at radius 3 is 2.64 bits per heavy atom. The first kappa shape index (κ1) is 14.6. The predicted octanol–water partition coefficient (Wildman–Crippen LogP) is 2.44. The molecule has 2 aromatic rings. The second-order valence-electron chi connectivity index (χ2n) is 5.21. The maximum Gasteiger partial charge on any atom is 0.325 e. The Morgan fingerprint density at radius 2 is 2.09 bits per heavy atom. The molecule has 0 bridgehead atoms. The van der Waals surface area contributed by atoms with Crippen molar-refractivity contribution < 1.29 is 23.1 Å². The van der Waals surface area contributed by atoms with Crippen LogP contribution in [0.2, 0.25) is 0 Å². The van der Waals surface area contributed by atoms with Crippen LogP contribution in [0, 0.1) is 5.82 Å². The summed E-state index contributed by atoms with van der Waals surface area (Å²) in [5.74, 6) is -2.28. The van der Waals surface area contributed by atoms with Gasteiger partial charge in [0.2, 0.25) is 0 Å². The summed E-state index contributed by atoms with van der Waals surface area (Å²) >= 11 is 0. The molecule has 116 valence electrons. The fourth-order valence-corrected chi connectivity index (χ4v) is 2.48. The van der Waals surface area contributed by atoms with E-state index in [-0.39, 0.29) is 11.3 Å². The average molecular weight is 312 g/mol. The predicted molar refractivity (Wildman–Crippen MR) is 70.5 cm³/mol. The third-order valence-electron chi connectivity index (χ3n) is 3.63. The Kier molecular flexibility index (Phi) is 3.38. The molecule has 1 heterocycles. The Morgan fingerprint density at radius 1 is 1.41 bits per heavy atom. The van der Waals surface area contributed by atoms with E-state index < -0.39 is 41.4 Å². The van der Waals surface area contributed by atoms with E-state index in [1.54, 1.807) is 0 Å². The molecular weight excluding hydrogens is 301 g/mol. The van der Waals surface area contributed by atoms with E-state index in [1.165, 1.54) is 12.1 Å². The van der Waals surface area contributed by atoms with Crippen LogP contribution in [0.1, 0.15) is 36.4 Å². The molecule has 1 aromatic carbocycles. The SMILES string of the molecule is O=C(O)Cn1nc(C(F)F)c2c(F)c(C3CC3)ccc2c1=O. The van der Waals surface area contributed by atoms with Gasteiger partial charge >= 0.3 is 5.97 Å². The highest BCUT2D eigenvalue weighted by atomic mass is 19.3. The Hall–Kier alpha value is -2.38. The summed E-state index contributed by atoms with van der Waals surface area (Å²) in [6.07, 6.45) is -1.57. The van der Waals surface area contributed by atoms with Gasteiger partial charge in [0.15, 0.2) is 0 Å². The number of nitrogens with zero attached hydrogens (tertiary/aromatic N) is 2. The molecule has 1 aliphatic carbocycles. The lowest BCUT2D eigenvalue weighted by Crippen LogP contribution is -2.28. The number of halogens is 3. The van der Waals surface area contributed by atoms with Gasteiger partial charge in [0, 0.05) is 0 Å². The molecule has 3 rings (SSSR count). The van der Waals surface area contributed by atoms with E-state index in [2.05, 4.69) is 5.10 Å². The van der Waals surface area contributed by atoms with Gasteiger partial charge in [-0.2, -0.15) is 5.10 Å². The number of hydrogen-bond acceptors (Lipinski definition) is 3. The summed E-state index contributed by atoms with van der Waals surface area (Å²) in [6.45, 7) is -0.861. The van der Waals surface area contributed by atoms with Gasteiger partial charge < -0.3 is 5.11 Å². The summed E-state index contributed by atoms with van der Waals surface area (Å²) in [7, 11) is 0. The number of fused-ring (bicyclic) bond motifs is 1. The second-order valence-corrected chi connectivity index (χ2v) is 5.21. The zero-order chi connectivity index (χ0) is 16.0. The van der Waals surface area contributed by atoms with Crippen molar-refractivity contribution in [1.82, 2.24) is 9.78 Å². The highest BCUT2D eigenvalue weighted by Gasteiger charge is 2.30. The number of aromatic nitrogens is 2. The van der Waals surface area contributed by atoms with Crippen molar-refractivity contribution in [2.24, 2.45) is 0 Å². The molecule has 0 saturated heterocycles. The normalized spacial score (nSPS) is 14.7. The number of hydrogen-bond donors (Lipinski definition) is 1. The fraction of sp³-hybridized carbons (Fsp3) is 0.357. The largest absolute Gasteiger partial charge is 0.480 e. The Bertz CT molecular complexity index is 828. The summed E-state index contributed by atoms with van der Waals surface area (Å²) in [5.41, 5.74) is -1.51. The van der Waals surface area contributed by atoms with Crippen LogP contribution in [0.4, 0.5) is 13.2 Å². The lowest BCUT2D eigenvalue weighted by molar-refractivity contribution is -0.138. The van der Waals surface area contributed by atoms with Crippen LogP contribution < -0.4 is 5.56 Å². The highest BCUT2D eigenvalue weighted by Crippen LogP contribution is 2.43. The van der Waals surface area contributed by atoms with Crippen molar-refractivity contribution >= 4 is 16.7 Å². The van der Waals surface area contributed by atoms with Gasteiger partial charge in [0.25, 0.3) is 12.0 Å². The highest BCUT2D eigenvalue weighted by molar-refractivity contribution is 5.85. The molecule has 0 aliphatic heterocycles. The summed E-state index contributed by atoms with van der Waals surface area (Å²) in [4.78, 5) is 22.8. The van der Waals surface area contributed by atoms with Gasteiger partial charge in [0.05, 0.1) is 10.8 Å². The molecule has 0 amide bonds. The van der Waals surface area contributed by atoms with Crippen LogP contribution in [-0.4, -0.2) is 20.9 Å². The molecule has 1 saturated carbocycles. The van der Waals surface area contributed by atoms with Crippen LogP contribution in [0.5, 0.6) is 0 Å². The molecule has 5 nitrogen and oxygen atoms in total. The Balaban J connectivity index is 2.34. The molecule has 0 atom stereocenters. The molecular formula is C14H11F3N2O3. The minimum Gasteiger partial charge on any atom is -0.480 e. The molecule has 1 fully saturated rings. The van der Waals surface area contributed by atoms with Crippen molar-refractivity contribution in [2.45, 2.75) is 31.7 Å². The van der Waals surface area contributed by atoms with Crippen molar-refractivity contribution in [1.29, 1.82) is 0 Å². The van der Waals surface area contributed by atoms with Gasteiger partial charge in [0.1, 0.15) is 18.1 Å². The van der Waals surface area contributed by atoms with Crippen LogP contribution in [-0.2, 0) is 11.3 Å². The van der Waals surface area contributed by atoms with Crippen LogP contribution >= 0.6 is 0 Å². The van der Waals surface area contributed by atoms with Gasteiger partial charge in [-0.1, -0.05) is 6.07 Å². The number of carbonyl (C=O) groups is 1. The van der Waals surface area contributed by atoms with E-state index in [0.717, 1.165) is 12.8 Å². The lowest BCUT2D eigenvalue weighted by atomic mass is 10.0. The number of alkyl halides is 2. The smallest absolute Gasteiger partial charge is 0.325 e. The average Bonchev–Trinajstić information content (AvgIpc) is 3.26. The maximum atomic E-state index is 14.5.